The minimum absolute atomic E-state index is 0.0556. The molecule has 1 N–H and O–H groups in total. The van der Waals surface area contributed by atoms with Crippen molar-refractivity contribution in [3.05, 3.63) is 42.1 Å². The number of carbonyl (C=O) groups is 2. The molecule has 1 fully saturated rings. The fraction of sp³-hybridized carbons (Fsp3) is 0.522. The van der Waals surface area contributed by atoms with Gasteiger partial charge in [0.05, 0.1) is 5.69 Å². The Kier molecular flexibility index (Phi) is 6.72. The summed E-state index contributed by atoms with van der Waals surface area (Å²) in [7, 11) is 0. The van der Waals surface area contributed by atoms with Crippen molar-refractivity contribution in [2.75, 3.05) is 6.54 Å². The smallest absolute Gasteiger partial charge is 0.243 e. The van der Waals surface area contributed by atoms with E-state index in [9.17, 15) is 9.59 Å². The van der Waals surface area contributed by atoms with Crippen LogP contribution in [0.1, 0.15) is 46.1 Å². The van der Waals surface area contributed by atoms with E-state index in [-0.39, 0.29) is 29.7 Å². The Balaban J connectivity index is 1.59. The molecule has 1 saturated heterocycles. The number of aromatic nitrogens is 2. The molecule has 29 heavy (non-hydrogen) atoms. The predicted octanol–water partition coefficient (Wildman–Crippen LogP) is 3.47. The summed E-state index contributed by atoms with van der Waals surface area (Å²) in [5.41, 5.74) is 3.23. The third-order valence-corrected chi connectivity index (χ3v) is 5.96. The summed E-state index contributed by atoms with van der Waals surface area (Å²) in [6.07, 6.45) is 3.43. The van der Waals surface area contributed by atoms with Crippen molar-refractivity contribution in [3.63, 3.8) is 0 Å². The van der Waals surface area contributed by atoms with Gasteiger partial charge in [-0.1, -0.05) is 45.0 Å². The van der Waals surface area contributed by atoms with Gasteiger partial charge in [0.25, 0.3) is 0 Å². The molecule has 6 nitrogen and oxygen atoms in total. The van der Waals surface area contributed by atoms with Gasteiger partial charge in [0.15, 0.2) is 0 Å². The van der Waals surface area contributed by atoms with Gasteiger partial charge in [0, 0.05) is 31.7 Å². The molecule has 1 aliphatic heterocycles. The van der Waals surface area contributed by atoms with Crippen molar-refractivity contribution < 1.29 is 9.59 Å². The summed E-state index contributed by atoms with van der Waals surface area (Å²) in [4.78, 5) is 27.2. The van der Waals surface area contributed by atoms with Crippen LogP contribution < -0.4 is 5.32 Å². The van der Waals surface area contributed by atoms with Crippen LogP contribution in [-0.4, -0.2) is 39.1 Å². The Morgan fingerprint density at radius 3 is 2.55 bits per heavy atom. The summed E-state index contributed by atoms with van der Waals surface area (Å²) in [6, 6.07) is 9.83. The fourth-order valence-electron chi connectivity index (χ4n) is 3.78. The van der Waals surface area contributed by atoms with Gasteiger partial charge < -0.3 is 10.2 Å². The van der Waals surface area contributed by atoms with Crippen molar-refractivity contribution in [3.8, 4) is 11.3 Å². The van der Waals surface area contributed by atoms with Gasteiger partial charge in [0.2, 0.25) is 11.8 Å². The lowest BCUT2D eigenvalue weighted by molar-refractivity contribution is -0.142. The molecule has 1 aliphatic rings. The molecule has 0 bridgehead atoms. The third-order valence-electron chi connectivity index (χ3n) is 5.96. The first-order valence-electron chi connectivity index (χ1n) is 10.6. The van der Waals surface area contributed by atoms with Gasteiger partial charge in [-0.3, -0.25) is 14.3 Å². The molecule has 1 aromatic carbocycles. The zero-order valence-corrected chi connectivity index (χ0v) is 17.9. The molecule has 1 aromatic heterocycles. The monoisotopic (exact) mass is 396 g/mol. The molecule has 2 unspecified atom stereocenters. The van der Waals surface area contributed by atoms with Crippen LogP contribution >= 0.6 is 0 Å². The van der Waals surface area contributed by atoms with Crippen LogP contribution in [0.2, 0.25) is 0 Å². The van der Waals surface area contributed by atoms with Crippen LogP contribution in [0.4, 0.5) is 0 Å². The van der Waals surface area contributed by atoms with E-state index in [1.807, 2.05) is 49.8 Å². The van der Waals surface area contributed by atoms with E-state index < -0.39 is 0 Å². The van der Waals surface area contributed by atoms with Crippen LogP contribution in [-0.2, 0) is 22.7 Å². The van der Waals surface area contributed by atoms with Crippen LogP contribution in [0.25, 0.3) is 11.3 Å². The second-order valence-electron chi connectivity index (χ2n) is 8.17. The lowest BCUT2D eigenvalue weighted by Gasteiger charge is -2.28. The number of hydrogen-bond acceptors (Lipinski definition) is 3. The van der Waals surface area contributed by atoms with Gasteiger partial charge in [-0.2, -0.15) is 5.10 Å². The quantitative estimate of drug-likeness (QED) is 0.779. The summed E-state index contributed by atoms with van der Waals surface area (Å²) in [5.74, 6) is 0.247. The Labute approximate surface area is 173 Å². The summed E-state index contributed by atoms with van der Waals surface area (Å²) in [5, 5.41) is 7.33. The number of likely N-dealkylation sites (tertiary alicyclic amines) is 1. The predicted molar refractivity (Wildman–Crippen MR) is 114 cm³/mol. The van der Waals surface area contributed by atoms with Crippen molar-refractivity contribution >= 4 is 11.8 Å². The third kappa shape index (κ3) is 4.69. The van der Waals surface area contributed by atoms with Crippen molar-refractivity contribution in [2.45, 2.75) is 59.7 Å². The Morgan fingerprint density at radius 2 is 1.90 bits per heavy atom. The Hall–Kier alpha value is -2.63. The number of carbonyl (C=O) groups excluding carboxylic acids is 2. The first-order valence-corrected chi connectivity index (χ1v) is 10.6. The number of nitrogens with zero attached hydrogens (tertiary/aromatic N) is 3. The van der Waals surface area contributed by atoms with Gasteiger partial charge in [-0.15, -0.1) is 0 Å². The van der Waals surface area contributed by atoms with Crippen LogP contribution in [0.3, 0.4) is 0 Å². The van der Waals surface area contributed by atoms with Gasteiger partial charge in [-0.05, 0) is 42.9 Å². The molecule has 0 radical (unpaired) electrons. The van der Waals surface area contributed by atoms with Crippen molar-refractivity contribution in [1.29, 1.82) is 0 Å². The largest absolute Gasteiger partial charge is 0.350 e. The van der Waals surface area contributed by atoms with E-state index in [1.165, 1.54) is 0 Å². The van der Waals surface area contributed by atoms with Crippen molar-refractivity contribution in [2.24, 2.45) is 11.8 Å². The zero-order chi connectivity index (χ0) is 21.0. The molecular weight excluding hydrogens is 364 g/mol. The molecule has 6 heteroatoms. The minimum atomic E-state index is -0.345. The van der Waals surface area contributed by atoms with E-state index >= 15 is 0 Å². The maximum atomic E-state index is 12.7. The number of rotatable bonds is 7. The molecule has 2 heterocycles. The zero-order valence-electron chi connectivity index (χ0n) is 17.9. The lowest BCUT2D eigenvalue weighted by atomic mass is 9.96. The summed E-state index contributed by atoms with van der Waals surface area (Å²) < 4.78 is 1.96. The first-order chi connectivity index (χ1) is 13.9. The van der Waals surface area contributed by atoms with Crippen LogP contribution in [0, 0.1) is 11.8 Å². The highest BCUT2D eigenvalue weighted by Gasteiger charge is 2.36. The molecule has 2 amide bonds. The summed E-state index contributed by atoms with van der Waals surface area (Å²) >= 11 is 0. The molecule has 0 aliphatic carbocycles. The second kappa shape index (κ2) is 9.25. The fourth-order valence-corrected chi connectivity index (χ4v) is 3.78. The molecule has 3 rings (SSSR count). The number of aryl methyl sites for hydroxylation is 1. The maximum Gasteiger partial charge on any atom is 0.243 e. The van der Waals surface area contributed by atoms with Crippen LogP contribution in [0.15, 0.2) is 36.5 Å². The normalized spacial score (nSPS) is 17.6. The number of amides is 2. The topological polar surface area (TPSA) is 67.2 Å². The summed E-state index contributed by atoms with van der Waals surface area (Å²) in [6.45, 7) is 10.1. The molecular formula is C23H32N4O2. The number of hydrogen-bond donors (Lipinski definition) is 1. The Bertz CT molecular complexity index is 841. The standard InChI is InChI=1S/C23H32N4O2/c1-5-27-20(12-13-25-27)19-10-8-18(9-11-19)15-24-22(28)21-7-6-14-26(21)23(29)17(4)16(2)3/h8-13,16-17,21H,5-7,14-15H2,1-4H3,(H,24,28). The molecule has 2 atom stereocenters. The number of nitrogens with one attached hydrogen (secondary N) is 1. The highest BCUT2D eigenvalue weighted by atomic mass is 16.2. The van der Waals surface area contributed by atoms with Gasteiger partial charge >= 0.3 is 0 Å². The van der Waals surface area contributed by atoms with Crippen molar-refractivity contribution in [1.82, 2.24) is 20.0 Å². The van der Waals surface area contributed by atoms with E-state index in [0.29, 0.717) is 13.1 Å². The van der Waals surface area contributed by atoms with E-state index in [0.717, 1.165) is 36.2 Å². The van der Waals surface area contributed by atoms with E-state index in [4.69, 9.17) is 0 Å². The van der Waals surface area contributed by atoms with E-state index in [1.54, 1.807) is 4.90 Å². The average molecular weight is 397 g/mol. The van der Waals surface area contributed by atoms with Crippen LogP contribution in [0.5, 0.6) is 0 Å². The minimum Gasteiger partial charge on any atom is -0.350 e. The highest BCUT2D eigenvalue weighted by Crippen LogP contribution is 2.23. The molecule has 156 valence electrons. The Morgan fingerprint density at radius 1 is 1.17 bits per heavy atom. The van der Waals surface area contributed by atoms with Gasteiger partial charge in [0.1, 0.15) is 6.04 Å². The van der Waals surface area contributed by atoms with E-state index in [2.05, 4.69) is 29.5 Å². The lowest BCUT2D eigenvalue weighted by Crippen LogP contribution is -2.48. The molecule has 0 spiro atoms. The molecule has 2 aromatic rings. The maximum absolute atomic E-state index is 12.7. The van der Waals surface area contributed by atoms with Gasteiger partial charge in [-0.25, -0.2) is 0 Å². The second-order valence-corrected chi connectivity index (χ2v) is 8.17. The first kappa shape index (κ1) is 21.1. The average Bonchev–Trinajstić information content (AvgIpc) is 3.40. The molecule has 0 saturated carbocycles. The highest BCUT2D eigenvalue weighted by molar-refractivity contribution is 5.89. The number of benzene rings is 1. The SMILES string of the molecule is CCn1nccc1-c1ccc(CNC(=O)C2CCCN2C(=O)C(C)C(C)C)cc1.